The van der Waals surface area contributed by atoms with Crippen molar-refractivity contribution >= 4 is 21.7 Å². The van der Waals surface area contributed by atoms with Gasteiger partial charge in [0.1, 0.15) is 10.4 Å². The second kappa shape index (κ2) is 4.44. The molecule has 1 N–H and O–H groups in total. The zero-order valence-corrected chi connectivity index (χ0v) is 9.90. The molecule has 0 aliphatic carbocycles. The first-order valence-electron chi connectivity index (χ1n) is 4.59. The molecule has 4 nitrogen and oxygen atoms in total. The Kier molecular flexibility index (Phi) is 3.01. The maximum Gasteiger partial charge on any atom is 0.127 e. The van der Waals surface area contributed by atoms with Crippen molar-refractivity contribution in [2.45, 2.75) is 6.54 Å². The number of nitrogens with zero attached hydrogens (tertiary/aromatic N) is 3. The third-order valence-corrected chi connectivity index (χ3v) is 2.38. The summed E-state index contributed by atoms with van der Waals surface area (Å²) in [5.74, 6) is 0.843. The van der Waals surface area contributed by atoms with E-state index in [1.165, 1.54) is 0 Å². The van der Waals surface area contributed by atoms with Crippen LogP contribution >= 0.6 is 15.9 Å². The van der Waals surface area contributed by atoms with Gasteiger partial charge in [0.25, 0.3) is 0 Å². The van der Waals surface area contributed by atoms with Crippen LogP contribution in [0.25, 0.3) is 0 Å². The van der Waals surface area contributed by atoms with Gasteiger partial charge in [0.15, 0.2) is 0 Å². The molecule has 0 unspecified atom stereocenters. The first-order valence-corrected chi connectivity index (χ1v) is 5.38. The van der Waals surface area contributed by atoms with Crippen molar-refractivity contribution in [3.05, 3.63) is 40.8 Å². The lowest BCUT2D eigenvalue weighted by Crippen LogP contribution is -2.02. The fourth-order valence-corrected chi connectivity index (χ4v) is 1.59. The molecule has 2 rings (SSSR count). The maximum absolute atomic E-state index is 4.27. The van der Waals surface area contributed by atoms with E-state index in [9.17, 15) is 0 Å². The summed E-state index contributed by atoms with van der Waals surface area (Å²) in [4.78, 5) is 4.27. The maximum atomic E-state index is 4.27. The Balaban J connectivity index is 1.99. The van der Waals surface area contributed by atoms with Gasteiger partial charge in [0.2, 0.25) is 0 Å². The van der Waals surface area contributed by atoms with Crippen molar-refractivity contribution < 1.29 is 0 Å². The van der Waals surface area contributed by atoms with E-state index in [4.69, 9.17) is 0 Å². The smallest absolute Gasteiger partial charge is 0.127 e. The van der Waals surface area contributed by atoms with Crippen molar-refractivity contribution in [1.29, 1.82) is 0 Å². The lowest BCUT2D eigenvalue weighted by Gasteiger charge is -2.02. The van der Waals surface area contributed by atoms with E-state index in [1.807, 2.05) is 37.5 Å². The average molecular weight is 267 g/mol. The number of aryl methyl sites for hydroxylation is 1. The van der Waals surface area contributed by atoms with Crippen LogP contribution in [0.5, 0.6) is 0 Å². The van der Waals surface area contributed by atoms with Crippen molar-refractivity contribution in [2.24, 2.45) is 7.05 Å². The van der Waals surface area contributed by atoms with Crippen molar-refractivity contribution in [3.8, 4) is 0 Å². The second-order valence-electron chi connectivity index (χ2n) is 3.18. The number of nitrogens with one attached hydrogen (secondary N) is 1. The number of hydrogen-bond donors (Lipinski definition) is 1. The molecule has 0 aliphatic rings. The lowest BCUT2D eigenvalue weighted by atomic mass is 10.4. The molecule has 0 spiro atoms. The molecule has 0 radical (unpaired) electrons. The molecule has 0 bridgehead atoms. The molecule has 2 heterocycles. The molecule has 5 heteroatoms. The Morgan fingerprint density at radius 2 is 2.27 bits per heavy atom. The fourth-order valence-electron chi connectivity index (χ4n) is 1.25. The molecule has 0 aliphatic heterocycles. The molecular weight excluding hydrogens is 256 g/mol. The minimum absolute atomic E-state index is 0.685. The monoisotopic (exact) mass is 266 g/mol. The Hall–Kier alpha value is -1.36. The Bertz CT molecular complexity index is 452. The van der Waals surface area contributed by atoms with Gasteiger partial charge in [0, 0.05) is 13.2 Å². The molecule has 78 valence electrons. The van der Waals surface area contributed by atoms with Gasteiger partial charge in [-0.05, 0) is 34.1 Å². The summed E-state index contributed by atoms with van der Waals surface area (Å²) >= 11 is 3.32. The lowest BCUT2D eigenvalue weighted by molar-refractivity contribution is 0.747. The summed E-state index contributed by atoms with van der Waals surface area (Å²) in [5, 5.41) is 7.46. The minimum atomic E-state index is 0.685. The molecule has 0 saturated carbocycles. The van der Waals surface area contributed by atoms with E-state index in [-0.39, 0.29) is 0 Å². The molecule has 0 saturated heterocycles. The number of aromatic nitrogens is 3. The van der Waals surface area contributed by atoms with E-state index < -0.39 is 0 Å². The van der Waals surface area contributed by atoms with Crippen LogP contribution in [-0.4, -0.2) is 14.8 Å². The van der Waals surface area contributed by atoms with Gasteiger partial charge in [-0.25, -0.2) is 4.98 Å². The predicted molar refractivity (Wildman–Crippen MR) is 62.5 cm³/mol. The minimum Gasteiger partial charge on any atom is -0.364 e. The standard InChI is InChI=1S/C10H11BrN4/c1-15-6-5-8(14-15)7-12-10-4-2-3-9(11)13-10/h2-6H,7H2,1H3,(H,12,13). The average Bonchev–Trinajstić information content (AvgIpc) is 2.62. The van der Waals surface area contributed by atoms with E-state index in [1.54, 1.807) is 4.68 Å². The fraction of sp³-hybridized carbons (Fsp3) is 0.200. The van der Waals surface area contributed by atoms with Crippen LogP contribution in [0.1, 0.15) is 5.69 Å². The highest BCUT2D eigenvalue weighted by molar-refractivity contribution is 9.10. The van der Waals surface area contributed by atoms with Gasteiger partial charge >= 0.3 is 0 Å². The van der Waals surface area contributed by atoms with E-state index >= 15 is 0 Å². The highest BCUT2D eigenvalue weighted by Crippen LogP contribution is 2.10. The molecule has 2 aromatic heterocycles. The highest BCUT2D eigenvalue weighted by Gasteiger charge is 1.98. The third-order valence-electron chi connectivity index (χ3n) is 1.93. The van der Waals surface area contributed by atoms with Gasteiger partial charge in [0.05, 0.1) is 12.2 Å². The number of rotatable bonds is 3. The number of hydrogen-bond acceptors (Lipinski definition) is 3. The summed E-state index contributed by atoms with van der Waals surface area (Å²) in [6.07, 6.45) is 1.92. The SMILES string of the molecule is Cn1ccc(CNc2cccc(Br)n2)n1. The van der Waals surface area contributed by atoms with Gasteiger partial charge in [-0.3, -0.25) is 4.68 Å². The van der Waals surface area contributed by atoms with Gasteiger partial charge < -0.3 is 5.32 Å². The molecule has 0 fully saturated rings. The van der Waals surface area contributed by atoms with E-state index in [0.717, 1.165) is 16.1 Å². The summed E-state index contributed by atoms with van der Waals surface area (Å²) in [6, 6.07) is 7.74. The van der Waals surface area contributed by atoms with Crippen molar-refractivity contribution in [3.63, 3.8) is 0 Å². The number of pyridine rings is 1. The quantitative estimate of drug-likeness (QED) is 0.867. The van der Waals surface area contributed by atoms with E-state index in [0.29, 0.717) is 6.54 Å². The topological polar surface area (TPSA) is 42.7 Å². The largest absolute Gasteiger partial charge is 0.364 e. The predicted octanol–water partition coefficient (Wildman–Crippen LogP) is 2.19. The van der Waals surface area contributed by atoms with Crippen molar-refractivity contribution in [1.82, 2.24) is 14.8 Å². The number of halogens is 1. The van der Waals surface area contributed by atoms with Crippen LogP contribution in [0.3, 0.4) is 0 Å². The van der Waals surface area contributed by atoms with Crippen LogP contribution in [0, 0.1) is 0 Å². The zero-order valence-electron chi connectivity index (χ0n) is 8.31. The Morgan fingerprint density at radius 1 is 1.40 bits per heavy atom. The second-order valence-corrected chi connectivity index (χ2v) is 3.99. The molecular formula is C10H11BrN4. The van der Waals surface area contributed by atoms with Gasteiger partial charge in [-0.1, -0.05) is 6.07 Å². The number of anilines is 1. The molecule has 15 heavy (non-hydrogen) atoms. The molecule has 0 aromatic carbocycles. The first kappa shape index (κ1) is 10.2. The van der Waals surface area contributed by atoms with E-state index in [2.05, 4.69) is 31.3 Å². The van der Waals surface area contributed by atoms with Crippen LogP contribution in [0.15, 0.2) is 35.1 Å². The summed E-state index contributed by atoms with van der Waals surface area (Å²) in [5.41, 5.74) is 0.999. The Labute approximate surface area is 96.5 Å². The van der Waals surface area contributed by atoms with Crippen LogP contribution < -0.4 is 5.32 Å². The molecule has 2 aromatic rings. The molecule has 0 amide bonds. The van der Waals surface area contributed by atoms with Gasteiger partial charge in [-0.2, -0.15) is 5.10 Å². The summed E-state index contributed by atoms with van der Waals surface area (Å²) < 4.78 is 2.61. The molecule has 0 atom stereocenters. The van der Waals surface area contributed by atoms with Gasteiger partial charge in [-0.15, -0.1) is 0 Å². The van der Waals surface area contributed by atoms with Crippen LogP contribution in [0.2, 0.25) is 0 Å². The van der Waals surface area contributed by atoms with Crippen LogP contribution in [-0.2, 0) is 13.6 Å². The zero-order chi connectivity index (χ0) is 10.7. The normalized spacial score (nSPS) is 10.3. The third kappa shape index (κ3) is 2.79. The Morgan fingerprint density at radius 3 is 2.93 bits per heavy atom. The summed E-state index contributed by atoms with van der Waals surface area (Å²) in [7, 11) is 1.90. The first-order chi connectivity index (χ1) is 7.24. The van der Waals surface area contributed by atoms with Crippen molar-refractivity contribution in [2.75, 3.05) is 5.32 Å². The summed E-state index contributed by atoms with van der Waals surface area (Å²) in [6.45, 7) is 0.685. The highest BCUT2D eigenvalue weighted by atomic mass is 79.9. The van der Waals surface area contributed by atoms with Crippen LogP contribution in [0.4, 0.5) is 5.82 Å².